The molecule has 24 heavy (non-hydrogen) atoms. The van der Waals surface area contributed by atoms with Gasteiger partial charge in [-0.2, -0.15) is 5.10 Å². The third-order valence-corrected chi connectivity index (χ3v) is 4.11. The molecule has 0 aliphatic rings. The Bertz CT molecular complexity index is 982. The average molecular weight is 320 g/mol. The van der Waals surface area contributed by atoms with E-state index in [4.69, 9.17) is 0 Å². The molecule has 3 heterocycles. The van der Waals surface area contributed by atoms with Gasteiger partial charge in [0.25, 0.3) is 0 Å². The number of H-pyrrole nitrogens is 2. The van der Waals surface area contributed by atoms with Gasteiger partial charge in [-0.05, 0) is 73.4 Å². The lowest BCUT2D eigenvalue weighted by Gasteiger charge is -1.99. The monoisotopic (exact) mass is 320 g/mol. The van der Waals surface area contributed by atoms with Gasteiger partial charge in [-0.1, -0.05) is 0 Å². The molecule has 0 atom stereocenters. The number of hydrogen-bond donors (Lipinski definition) is 2. The molecule has 0 fully saturated rings. The Morgan fingerprint density at radius 2 is 1.88 bits per heavy atom. The van der Waals surface area contributed by atoms with E-state index in [9.17, 15) is 4.39 Å². The lowest BCUT2D eigenvalue weighted by molar-refractivity contribution is 0.628. The fourth-order valence-corrected chi connectivity index (χ4v) is 2.86. The van der Waals surface area contributed by atoms with Crippen molar-refractivity contribution >= 4 is 11.0 Å². The van der Waals surface area contributed by atoms with Gasteiger partial charge in [0.15, 0.2) is 0 Å². The lowest BCUT2D eigenvalue weighted by atomic mass is 10.1. The number of nitrogens with one attached hydrogen (secondary N) is 2. The summed E-state index contributed by atoms with van der Waals surface area (Å²) in [6.07, 6.45) is 3.67. The van der Waals surface area contributed by atoms with Crippen molar-refractivity contribution in [2.24, 2.45) is 0 Å². The van der Waals surface area contributed by atoms with E-state index in [1.165, 1.54) is 17.7 Å². The zero-order valence-corrected chi connectivity index (χ0v) is 13.3. The normalized spacial score (nSPS) is 11.2. The minimum atomic E-state index is -0.233. The Labute approximate surface area is 138 Å². The second-order valence-corrected chi connectivity index (χ2v) is 6.01. The van der Waals surface area contributed by atoms with Gasteiger partial charge in [-0.15, -0.1) is 0 Å². The highest BCUT2D eigenvalue weighted by Crippen LogP contribution is 2.24. The summed E-state index contributed by atoms with van der Waals surface area (Å²) >= 11 is 0. The first kappa shape index (κ1) is 14.6. The number of aromatic amines is 2. The maximum absolute atomic E-state index is 13.1. The highest BCUT2D eigenvalue weighted by atomic mass is 19.1. The predicted molar refractivity (Wildman–Crippen MR) is 92.2 cm³/mol. The van der Waals surface area contributed by atoms with Crippen molar-refractivity contribution in [1.29, 1.82) is 0 Å². The number of pyridine rings is 1. The molecule has 0 amide bonds. The number of fused-ring (bicyclic) bond motifs is 1. The van der Waals surface area contributed by atoms with Crippen molar-refractivity contribution < 1.29 is 4.39 Å². The van der Waals surface area contributed by atoms with Crippen molar-refractivity contribution in [2.75, 3.05) is 0 Å². The molecular weight excluding hydrogens is 303 g/mol. The van der Waals surface area contributed by atoms with Crippen molar-refractivity contribution in [2.45, 2.75) is 19.8 Å². The largest absolute Gasteiger partial charge is 0.339 e. The van der Waals surface area contributed by atoms with Crippen LogP contribution in [0, 0.1) is 12.7 Å². The first-order chi connectivity index (χ1) is 11.7. The zero-order chi connectivity index (χ0) is 16.5. The molecule has 0 bridgehead atoms. The number of hydrogen-bond acceptors (Lipinski definition) is 2. The number of benzene rings is 1. The quantitative estimate of drug-likeness (QED) is 0.592. The summed E-state index contributed by atoms with van der Waals surface area (Å²) in [6.45, 7) is 2.00. The summed E-state index contributed by atoms with van der Waals surface area (Å²) in [4.78, 5) is 7.79. The molecule has 5 heteroatoms. The Balaban J connectivity index is 1.57. The van der Waals surface area contributed by atoms with Crippen molar-refractivity contribution in [3.8, 4) is 11.3 Å². The smallest absolute Gasteiger partial charge is 0.137 e. The molecule has 4 aromatic rings. The average Bonchev–Trinajstić information content (AvgIpc) is 3.19. The molecule has 0 saturated heterocycles. The summed E-state index contributed by atoms with van der Waals surface area (Å²) in [5.74, 6) is -0.233. The predicted octanol–water partition coefficient (Wildman–Crippen LogP) is 4.19. The lowest BCUT2D eigenvalue weighted by Crippen LogP contribution is -1.92. The van der Waals surface area contributed by atoms with Gasteiger partial charge in [-0.25, -0.2) is 9.37 Å². The summed E-state index contributed by atoms with van der Waals surface area (Å²) < 4.78 is 13.1. The maximum atomic E-state index is 13.1. The molecule has 0 aliphatic carbocycles. The van der Waals surface area contributed by atoms with Gasteiger partial charge in [0, 0.05) is 23.0 Å². The summed E-state index contributed by atoms with van der Waals surface area (Å²) in [5.41, 5.74) is 6.05. The minimum absolute atomic E-state index is 0.233. The van der Waals surface area contributed by atoms with Gasteiger partial charge in [0.1, 0.15) is 11.5 Å². The zero-order valence-electron chi connectivity index (χ0n) is 13.3. The van der Waals surface area contributed by atoms with Crippen LogP contribution in [0.15, 0.2) is 48.7 Å². The third-order valence-electron chi connectivity index (χ3n) is 4.11. The third kappa shape index (κ3) is 2.93. The van der Waals surface area contributed by atoms with Crippen LogP contribution in [0.25, 0.3) is 22.3 Å². The molecule has 120 valence electrons. The van der Waals surface area contributed by atoms with E-state index in [0.29, 0.717) is 0 Å². The van der Waals surface area contributed by atoms with E-state index in [-0.39, 0.29) is 5.82 Å². The molecule has 4 rings (SSSR count). The first-order valence-corrected chi connectivity index (χ1v) is 7.92. The summed E-state index contributed by atoms with van der Waals surface area (Å²) in [6, 6.07) is 12.7. The molecule has 4 nitrogen and oxygen atoms in total. The van der Waals surface area contributed by atoms with Crippen LogP contribution in [0.1, 0.15) is 17.0 Å². The van der Waals surface area contributed by atoms with Gasteiger partial charge in [-0.3, -0.25) is 5.10 Å². The van der Waals surface area contributed by atoms with Gasteiger partial charge in [0.2, 0.25) is 0 Å². The van der Waals surface area contributed by atoms with Crippen LogP contribution in [0.2, 0.25) is 0 Å². The van der Waals surface area contributed by atoms with Crippen molar-refractivity contribution in [3.05, 3.63) is 71.4 Å². The highest BCUT2D eigenvalue weighted by molar-refractivity contribution is 5.83. The maximum Gasteiger partial charge on any atom is 0.137 e. The number of nitrogens with zero attached hydrogens (tertiary/aromatic N) is 2. The van der Waals surface area contributed by atoms with Crippen LogP contribution >= 0.6 is 0 Å². The van der Waals surface area contributed by atoms with Crippen LogP contribution in [-0.2, 0) is 12.8 Å². The molecule has 0 radical (unpaired) electrons. The highest BCUT2D eigenvalue weighted by Gasteiger charge is 2.06. The second-order valence-electron chi connectivity index (χ2n) is 6.01. The van der Waals surface area contributed by atoms with Crippen LogP contribution in [0.4, 0.5) is 4.39 Å². The van der Waals surface area contributed by atoms with Crippen LogP contribution in [-0.4, -0.2) is 20.2 Å². The fraction of sp³-hybridized carbons (Fsp3) is 0.158. The van der Waals surface area contributed by atoms with E-state index in [2.05, 4.69) is 38.4 Å². The second kappa shape index (κ2) is 5.92. The minimum Gasteiger partial charge on any atom is -0.339 e. The van der Waals surface area contributed by atoms with Crippen LogP contribution < -0.4 is 0 Å². The van der Waals surface area contributed by atoms with Gasteiger partial charge < -0.3 is 4.98 Å². The summed E-state index contributed by atoms with van der Waals surface area (Å²) in [7, 11) is 0. The number of rotatable bonds is 4. The molecule has 2 N–H and O–H groups in total. The fourth-order valence-electron chi connectivity index (χ4n) is 2.86. The summed E-state index contributed by atoms with van der Waals surface area (Å²) in [5, 5.41) is 8.28. The standard InChI is InChI=1S/C19H17FN4/c1-12-8-17(24-23-12)7-2-13-9-15-10-18(22-19(15)21-11-13)14-3-5-16(20)6-4-14/h3-6,8-11H,2,7H2,1H3,(H,21,22)(H,23,24). The Kier molecular flexibility index (Phi) is 3.61. The van der Waals surface area contributed by atoms with E-state index in [0.717, 1.165) is 46.5 Å². The molecule has 0 spiro atoms. The Morgan fingerprint density at radius 3 is 2.62 bits per heavy atom. The molecule has 3 aromatic heterocycles. The number of aryl methyl sites for hydroxylation is 3. The van der Waals surface area contributed by atoms with E-state index in [1.54, 1.807) is 12.1 Å². The molecule has 0 unspecified atom stereocenters. The van der Waals surface area contributed by atoms with Gasteiger partial charge in [0.05, 0.1) is 5.69 Å². The SMILES string of the molecule is Cc1cc(CCc2cnc3[nH]c(-c4ccc(F)cc4)cc3c2)n[nH]1. The molecular formula is C19H17FN4. The molecule has 0 saturated carbocycles. The van der Waals surface area contributed by atoms with E-state index in [1.807, 2.05) is 13.1 Å². The number of aromatic nitrogens is 4. The van der Waals surface area contributed by atoms with Crippen molar-refractivity contribution in [1.82, 2.24) is 20.2 Å². The number of halogens is 1. The van der Waals surface area contributed by atoms with E-state index >= 15 is 0 Å². The van der Waals surface area contributed by atoms with Crippen molar-refractivity contribution in [3.63, 3.8) is 0 Å². The topological polar surface area (TPSA) is 57.4 Å². The Morgan fingerprint density at radius 1 is 1.04 bits per heavy atom. The molecule has 1 aromatic carbocycles. The molecule has 0 aliphatic heterocycles. The van der Waals surface area contributed by atoms with E-state index < -0.39 is 0 Å². The van der Waals surface area contributed by atoms with Crippen LogP contribution in [0.3, 0.4) is 0 Å². The van der Waals surface area contributed by atoms with Gasteiger partial charge >= 0.3 is 0 Å². The van der Waals surface area contributed by atoms with Crippen LogP contribution in [0.5, 0.6) is 0 Å². The Hall–Kier alpha value is -2.95. The first-order valence-electron chi connectivity index (χ1n) is 7.92.